The predicted molar refractivity (Wildman–Crippen MR) is 67.2 cm³/mol. The molecule has 0 atom stereocenters. The molecule has 7 heteroatoms. The molecule has 2 aromatic rings. The number of rotatable bonds is 3. The molecule has 1 aromatic heterocycles. The Kier molecular flexibility index (Phi) is 3.50. The molecule has 2 rings (SSSR count). The number of aromatic nitrogens is 2. The van der Waals surface area contributed by atoms with Crippen molar-refractivity contribution in [2.24, 2.45) is 5.84 Å². The Balaban J connectivity index is 2.31. The number of hydrogen-bond acceptors (Lipinski definition) is 5. The summed E-state index contributed by atoms with van der Waals surface area (Å²) in [6.07, 6.45) is 1.33. The highest BCUT2D eigenvalue weighted by molar-refractivity contribution is 9.10. The van der Waals surface area contributed by atoms with Crippen LogP contribution in [0.25, 0.3) is 0 Å². The van der Waals surface area contributed by atoms with Crippen molar-refractivity contribution >= 4 is 33.3 Å². The van der Waals surface area contributed by atoms with Gasteiger partial charge in [-0.15, -0.1) is 0 Å². The Morgan fingerprint density at radius 3 is 2.71 bits per heavy atom. The normalized spacial score (nSPS) is 10.1. The molecule has 17 heavy (non-hydrogen) atoms. The molecule has 0 spiro atoms. The number of anilines is 3. The molecule has 0 aliphatic carbocycles. The Morgan fingerprint density at radius 1 is 1.24 bits per heavy atom. The van der Waals surface area contributed by atoms with Crippen molar-refractivity contribution in [3.63, 3.8) is 0 Å². The molecule has 0 fully saturated rings. The average Bonchev–Trinajstić information content (AvgIpc) is 2.34. The van der Waals surface area contributed by atoms with Crippen LogP contribution in [0.15, 0.2) is 35.1 Å². The van der Waals surface area contributed by atoms with Crippen LogP contribution in [0.3, 0.4) is 0 Å². The molecule has 0 saturated carbocycles. The van der Waals surface area contributed by atoms with Gasteiger partial charge in [0.2, 0.25) is 0 Å². The van der Waals surface area contributed by atoms with Gasteiger partial charge in [0.05, 0.1) is 5.69 Å². The molecule has 1 aromatic carbocycles. The summed E-state index contributed by atoms with van der Waals surface area (Å²) >= 11 is 3.25. The zero-order valence-electron chi connectivity index (χ0n) is 8.61. The van der Waals surface area contributed by atoms with Crippen LogP contribution in [0, 0.1) is 5.82 Å². The van der Waals surface area contributed by atoms with Crippen LogP contribution in [0.2, 0.25) is 0 Å². The minimum absolute atomic E-state index is 0.314. The molecular weight excluding hydrogens is 289 g/mol. The highest BCUT2D eigenvalue weighted by Crippen LogP contribution is 2.27. The average molecular weight is 298 g/mol. The Hall–Kier alpha value is -1.73. The van der Waals surface area contributed by atoms with E-state index in [0.717, 1.165) is 0 Å². The van der Waals surface area contributed by atoms with Gasteiger partial charge in [-0.1, -0.05) is 6.07 Å². The lowest BCUT2D eigenvalue weighted by Crippen LogP contribution is -2.09. The summed E-state index contributed by atoms with van der Waals surface area (Å²) in [6.45, 7) is 0. The van der Waals surface area contributed by atoms with E-state index >= 15 is 0 Å². The summed E-state index contributed by atoms with van der Waals surface area (Å²) in [6, 6.07) is 6.27. The van der Waals surface area contributed by atoms with Gasteiger partial charge in [-0.2, -0.15) is 0 Å². The second-order valence-electron chi connectivity index (χ2n) is 3.15. The van der Waals surface area contributed by atoms with Crippen molar-refractivity contribution in [1.29, 1.82) is 0 Å². The number of hydrazine groups is 1. The minimum Gasteiger partial charge on any atom is -0.337 e. The third-order valence-electron chi connectivity index (χ3n) is 2.03. The van der Waals surface area contributed by atoms with Gasteiger partial charge < -0.3 is 10.7 Å². The van der Waals surface area contributed by atoms with E-state index in [4.69, 9.17) is 5.84 Å². The zero-order chi connectivity index (χ0) is 12.3. The SMILES string of the molecule is NNc1cc(Nc2c(F)cccc2Br)ncn1. The number of nitrogens with two attached hydrogens (primary N) is 1. The second kappa shape index (κ2) is 5.07. The van der Waals surface area contributed by atoms with E-state index < -0.39 is 0 Å². The Labute approximate surface area is 105 Å². The summed E-state index contributed by atoms with van der Waals surface area (Å²) in [7, 11) is 0. The van der Waals surface area contributed by atoms with Crippen molar-refractivity contribution in [1.82, 2.24) is 9.97 Å². The van der Waals surface area contributed by atoms with Gasteiger partial charge in [0, 0.05) is 10.5 Å². The van der Waals surface area contributed by atoms with Crippen LogP contribution in [-0.4, -0.2) is 9.97 Å². The molecule has 1 heterocycles. The van der Waals surface area contributed by atoms with E-state index in [1.165, 1.54) is 12.4 Å². The highest BCUT2D eigenvalue weighted by atomic mass is 79.9. The van der Waals surface area contributed by atoms with Crippen LogP contribution in [-0.2, 0) is 0 Å². The Morgan fingerprint density at radius 2 is 2.00 bits per heavy atom. The van der Waals surface area contributed by atoms with E-state index in [-0.39, 0.29) is 5.82 Å². The molecule has 0 unspecified atom stereocenters. The summed E-state index contributed by atoms with van der Waals surface area (Å²) in [4.78, 5) is 7.81. The third kappa shape index (κ3) is 2.69. The van der Waals surface area contributed by atoms with Crippen LogP contribution in [0.1, 0.15) is 0 Å². The minimum atomic E-state index is -0.375. The maximum Gasteiger partial charge on any atom is 0.147 e. The first-order chi connectivity index (χ1) is 8.20. The fourth-order valence-electron chi connectivity index (χ4n) is 1.25. The van der Waals surface area contributed by atoms with E-state index in [1.807, 2.05) is 0 Å². The van der Waals surface area contributed by atoms with Gasteiger partial charge in [0.1, 0.15) is 23.8 Å². The number of para-hydroxylation sites is 1. The molecule has 4 N–H and O–H groups in total. The lowest BCUT2D eigenvalue weighted by molar-refractivity contribution is 0.631. The molecule has 5 nitrogen and oxygen atoms in total. The van der Waals surface area contributed by atoms with Gasteiger partial charge in [-0.25, -0.2) is 20.2 Å². The van der Waals surface area contributed by atoms with Crippen LogP contribution >= 0.6 is 15.9 Å². The summed E-state index contributed by atoms with van der Waals surface area (Å²) < 4.78 is 14.2. The maximum atomic E-state index is 13.5. The fraction of sp³-hybridized carbons (Fsp3) is 0. The standard InChI is InChI=1S/C10H9BrFN5/c11-6-2-1-3-7(12)10(6)16-8-4-9(17-13)15-5-14-8/h1-5H,13H2,(H2,14,15,16,17). The zero-order valence-corrected chi connectivity index (χ0v) is 10.2. The largest absolute Gasteiger partial charge is 0.337 e. The first-order valence-corrected chi connectivity index (χ1v) is 5.49. The summed E-state index contributed by atoms with van der Waals surface area (Å²) in [5, 5.41) is 2.85. The first-order valence-electron chi connectivity index (χ1n) is 4.70. The number of nitrogens with one attached hydrogen (secondary N) is 2. The molecule has 88 valence electrons. The van der Waals surface area contributed by atoms with Crippen LogP contribution in [0.5, 0.6) is 0 Å². The molecule has 0 bridgehead atoms. The van der Waals surface area contributed by atoms with E-state index in [9.17, 15) is 4.39 Å². The number of benzene rings is 1. The molecule has 0 saturated heterocycles. The van der Waals surface area contributed by atoms with Crippen LogP contribution < -0.4 is 16.6 Å². The second-order valence-corrected chi connectivity index (χ2v) is 4.01. The lowest BCUT2D eigenvalue weighted by Gasteiger charge is -2.09. The van der Waals surface area contributed by atoms with Crippen molar-refractivity contribution in [2.45, 2.75) is 0 Å². The lowest BCUT2D eigenvalue weighted by atomic mass is 10.3. The smallest absolute Gasteiger partial charge is 0.147 e. The number of nitrogens with zero attached hydrogens (tertiary/aromatic N) is 2. The fourth-order valence-corrected chi connectivity index (χ4v) is 1.69. The van der Waals surface area contributed by atoms with Gasteiger partial charge in [0.15, 0.2) is 0 Å². The van der Waals surface area contributed by atoms with Crippen molar-refractivity contribution in [3.05, 3.63) is 40.9 Å². The van der Waals surface area contributed by atoms with E-state index in [1.54, 1.807) is 18.2 Å². The number of nitrogen functional groups attached to an aromatic ring is 1. The Bertz CT molecular complexity index is 514. The van der Waals surface area contributed by atoms with E-state index in [0.29, 0.717) is 21.8 Å². The first kappa shape index (κ1) is 11.7. The molecule has 0 radical (unpaired) electrons. The van der Waals surface area contributed by atoms with Gasteiger partial charge in [0.25, 0.3) is 0 Å². The van der Waals surface area contributed by atoms with Gasteiger partial charge in [-0.3, -0.25) is 0 Å². The van der Waals surface area contributed by atoms with Crippen molar-refractivity contribution in [3.8, 4) is 0 Å². The summed E-state index contributed by atoms with van der Waals surface area (Å²) in [5.74, 6) is 5.73. The molecule has 0 aliphatic heterocycles. The quantitative estimate of drug-likeness (QED) is 0.599. The van der Waals surface area contributed by atoms with Gasteiger partial charge in [-0.05, 0) is 28.1 Å². The third-order valence-corrected chi connectivity index (χ3v) is 2.69. The van der Waals surface area contributed by atoms with Crippen molar-refractivity contribution in [2.75, 3.05) is 10.7 Å². The predicted octanol–water partition coefficient (Wildman–Crippen LogP) is 2.41. The molecule has 0 amide bonds. The number of halogens is 2. The molecular formula is C10H9BrFN5. The molecule has 0 aliphatic rings. The highest BCUT2D eigenvalue weighted by Gasteiger charge is 2.07. The summed E-state index contributed by atoms with van der Waals surface area (Å²) in [5.41, 5.74) is 2.70. The monoisotopic (exact) mass is 297 g/mol. The van der Waals surface area contributed by atoms with Crippen LogP contribution in [0.4, 0.5) is 21.7 Å². The number of hydrogen-bond donors (Lipinski definition) is 3. The van der Waals surface area contributed by atoms with Gasteiger partial charge >= 0.3 is 0 Å². The van der Waals surface area contributed by atoms with E-state index in [2.05, 4.69) is 36.6 Å². The maximum absolute atomic E-state index is 13.5. The topological polar surface area (TPSA) is 75.9 Å². The van der Waals surface area contributed by atoms with Crippen molar-refractivity contribution < 1.29 is 4.39 Å².